The van der Waals surface area contributed by atoms with Crippen LogP contribution in [0.2, 0.25) is 5.02 Å². The smallest absolute Gasteiger partial charge is 0.344 e. The highest BCUT2D eigenvalue weighted by Gasteiger charge is 2.42. The summed E-state index contributed by atoms with van der Waals surface area (Å²) in [4.78, 5) is 38.1. The Kier molecular flexibility index (Phi) is 6.40. The number of aromatic nitrogens is 4. The quantitative estimate of drug-likeness (QED) is 0.536. The van der Waals surface area contributed by atoms with Crippen molar-refractivity contribution in [3.8, 4) is 11.5 Å². The maximum atomic E-state index is 12.9. The second kappa shape index (κ2) is 9.63. The summed E-state index contributed by atoms with van der Waals surface area (Å²) in [6, 6.07) is 5.53. The molecule has 35 heavy (non-hydrogen) atoms. The van der Waals surface area contributed by atoms with Crippen molar-refractivity contribution in [2.45, 2.75) is 13.5 Å². The molecule has 2 aromatic heterocycles. The van der Waals surface area contributed by atoms with Crippen molar-refractivity contribution in [2.75, 3.05) is 38.1 Å². The average molecular weight is 496 g/mol. The molecule has 2 atom stereocenters. The lowest BCUT2D eigenvalue weighted by atomic mass is 10.0. The summed E-state index contributed by atoms with van der Waals surface area (Å²) < 4.78 is 7.07. The van der Waals surface area contributed by atoms with E-state index >= 15 is 0 Å². The van der Waals surface area contributed by atoms with E-state index in [0.717, 1.165) is 25.2 Å². The van der Waals surface area contributed by atoms with Gasteiger partial charge in [-0.1, -0.05) is 17.7 Å². The van der Waals surface area contributed by atoms with Gasteiger partial charge in [-0.15, -0.1) is 0 Å². The van der Waals surface area contributed by atoms with Crippen molar-refractivity contribution in [1.82, 2.24) is 29.5 Å². The third-order valence-corrected chi connectivity index (χ3v) is 7.00. The van der Waals surface area contributed by atoms with E-state index in [2.05, 4.69) is 20.0 Å². The fourth-order valence-corrected chi connectivity index (χ4v) is 4.96. The SMILES string of the molecule is CC(=O)N(C)c1cnn(C(=O)N2CC3CN(Cc4ccc(Oc5cncnc5)cc4Cl)CC3C2)c1. The lowest BCUT2D eigenvalue weighted by molar-refractivity contribution is -0.116. The Morgan fingerprint density at radius 1 is 1.09 bits per heavy atom. The van der Waals surface area contributed by atoms with Crippen LogP contribution in [-0.2, 0) is 11.3 Å². The van der Waals surface area contributed by atoms with E-state index in [1.165, 1.54) is 29.0 Å². The van der Waals surface area contributed by atoms with Crippen molar-refractivity contribution in [3.05, 3.63) is 59.9 Å². The van der Waals surface area contributed by atoms with Gasteiger partial charge < -0.3 is 14.5 Å². The Labute approximate surface area is 208 Å². The lowest BCUT2D eigenvalue weighted by Gasteiger charge is -2.22. The maximum Gasteiger partial charge on any atom is 0.344 e. The van der Waals surface area contributed by atoms with E-state index in [9.17, 15) is 9.59 Å². The number of nitrogens with zero attached hydrogens (tertiary/aromatic N) is 7. The molecule has 0 aliphatic carbocycles. The zero-order chi connectivity index (χ0) is 24.5. The molecule has 0 radical (unpaired) electrons. The van der Waals surface area contributed by atoms with Crippen LogP contribution in [0.5, 0.6) is 11.5 Å². The van der Waals surface area contributed by atoms with Crippen molar-refractivity contribution in [1.29, 1.82) is 0 Å². The molecule has 0 bridgehead atoms. The number of fused-ring (bicyclic) bond motifs is 1. The van der Waals surface area contributed by atoms with Gasteiger partial charge >= 0.3 is 6.03 Å². The zero-order valence-corrected chi connectivity index (χ0v) is 20.3. The first-order chi connectivity index (χ1) is 16.9. The largest absolute Gasteiger partial charge is 0.454 e. The van der Waals surface area contributed by atoms with E-state index in [1.54, 1.807) is 25.6 Å². The standard InChI is InChI=1S/C24H26ClN7O3/c1-16(33)29(2)20-6-28-32(14-20)24(34)31-12-18-10-30(11-19(18)13-31)9-17-3-4-21(5-23(17)25)35-22-7-26-15-27-8-22/h3-8,14-15,18-19H,9-13H2,1-2H3. The summed E-state index contributed by atoms with van der Waals surface area (Å²) in [5, 5.41) is 4.81. The van der Waals surface area contributed by atoms with Crippen LogP contribution >= 0.6 is 11.6 Å². The highest BCUT2D eigenvalue weighted by Crippen LogP contribution is 2.34. The van der Waals surface area contributed by atoms with Gasteiger partial charge in [0.1, 0.15) is 12.1 Å². The molecule has 3 aromatic rings. The molecule has 4 heterocycles. The molecule has 2 fully saturated rings. The van der Waals surface area contributed by atoms with Crippen LogP contribution in [0.25, 0.3) is 0 Å². The fraction of sp³-hybridized carbons (Fsp3) is 0.375. The third-order valence-electron chi connectivity index (χ3n) is 6.65. The molecule has 2 unspecified atom stereocenters. The minimum absolute atomic E-state index is 0.110. The van der Waals surface area contributed by atoms with Crippen molar-refractivity contribution in [3.63, 3.8) is 0 Å². The summed E-state index contributed by atoms with van der Waals surface area (Å²) in [7, 11) is 1.66. The minimum Gasteiger partial charge on any atom is -0.454 e. The number of anilines is 1. The van der Waals surface area contributed by atoms with Crippen LogP contribution in [0, 0.1) is 11.8 Å². The van der Waals surface area contributed by atoms with Gasteiger partial charge in [0, 0.05) is 51.7 Å². The molecule has 2 amide bonds. The molecule has 11 heteroatoms. The normalized spacial score (nSPS) is 19.6. The van der Waals surface area contributed by atoms with Gasteiger partial charge in [0.15, 0.2) is 5.75 Å². The second-order valence-electron chi connectivity index (χ2n) is 9.05. The van der Waals surface area contributed by atoms with Crippen molar-refractivity contribution < 1.29 is 14.3 Å². The van der Waals surface area contributed by atoms with Crippen LogP contribution in [0.15, 0.2) is 49.3 Å². The van der Waals surface area contributed by atoms with Gasteiger partial charge in [-0.2, -0.15) is 9.78 Å². The van der Waals surface area contributed by atoms with Crippen LogP contribution in [0.3, 0.4) is 0 Å². The lowest BCUT2D eigenvalue weighted by Crippen LogP contribution is -2.36. The number of benzene rings is 1. The Morgan fingerprint density at radius 3 is 2.46 bits per heavy atom. The van der Waals surface area contributed by atoms with Gasteiger partial charge in [0.25, 0.3) is 0 Å². The zero-order valence-electron chi connectivity index (χ0n) is 19.5. The van der Waals surface area contributed by atoms with E-state index in [0.29, 0.717) is 47.1 Å². The molecule has 0 N–H and O–H groups in total. The highest BCUT2D eigenvalue weighted by molar-refractivity contribution is 6.31. The van der Waals surface area contributed by atoms with Gasteiger partial charge in [-0.25, -0.2) is 14.8 Å². The number of rotatable bonds is 5. The van der Waals surface area contributed by atoms with Crippen LogP contribution in [0.4, 0.5) is 10.5 Å². The third kappa shape index (κ3) is 4.98. The van der Waals surface area contributed by atoms with E-state index < -0.39 is 0 Å². The Hall–Kier alpha value is -3.50. The summed E-state index contributed by atoms with van der Waals surface area (Å²) >= 11 is 6.55. The summed E-state index contributed by atoms with van der Waals surface area (Å²) in [6.07, 6.45) is 7.78. The van der Waals surface area contributed by atoms with E-state index in [-0.39, 0.29) is 11.9 Å². The fourth-order valence-electron chi connectivity index (χ4n) is 4.73. The molecular formula is C24H26ClN7O3. The Balaban J connectivity index is 1.16. The van der Waals surface area contributed by atoms with Gasteiger partial charge in [-0.05, 0) is 29.5 Å². The van der Waals surface area contributed by atoms with Crippen LogP contribution in [-0.4, -0.2) is 74.7 Å². The van der Waals surface area contributed by atoms with Gasteiger partial charge in [-0.3, -0.25) is 9.69 Å². The minimum atomic E-state index is -0.156. The number of ether oxygens (including phenoxy) is 1. The number of carbonyl (C=O) groups is 2. The molecule has 2 aliphatic heterocycles. The number of likely N-dealkylation sites (tertiary alicyclic amines) is 2. The molecule has 10 nitrogen and oxygen atoms in total. The first-order valence-corrected chi connectivity index (χ1v) is 11.8. The summed E-state index contributed by atoms with van der Waals surface area (Å²) in [5.41, 5.74) is 1.64. The topological polar surface area (TPSA) is 96.7 Å². The average Bonchev–Trinajstić information content (AvgIpc) is 3.56. The Morgan fingerprint density at radius 2 is 1.80 bits per heavy atom. The molecule has 0 spiro atoms. The molecular weight excluding hydrogens is 470 g/mol. The number of carbonyl (C=O) groups excluding carboxylic acids is 2. The molecule has 2 aliphatic rings. The second-order valence-corrected chi connectivity index (χ2v) is 9.46. The van der Waals surface area contributed by atoms with E-state index in [4.69, 9.17) is 16.3 Å². The number of hydrogen-bond donors (Lipinski definition) is 0. The maximum absolute atomic E-state index is 12.9. The molecule has 0 saturated carbocycles. The first-order valence-electron chi connectivity index (χ1n) is 11.4. The van der Waals surface area contributed by atoms with Gasteiger partial charge in [0.05, 0.1) is 30.5 Å². The van der Waals surface area contributed by atoms with Gasteiger partial charge in [0.2, 0.25) is 5.91 Å². The predicted molar refractivity (Wildman–Crippen MR) is 129 cm³/mol. The molecule has 182 valence electrons. The van der Waals surface area contributed by atoms with Crippen LogP contribution < -0.4 is 9.64 Å². The number of halogens is 1. The number of hydrogen-bond acceptors (Lipinski definition) is 7. The predicted octanol–water partition coefficient (Wildman–Crippen LogP) is 3.13. The van der Waals surface area contributed by atoms with Crippen LogP contribution in [0.1, 0.15) is 12.5 Å². The summed E-state index contributed by atoms with van der Waals surface area (Å²) in [5.74, 6) is 1.90. The molecule has 5 rings (SSSR count). The number of amides is 2. The monoisotopic (exact) mass is 495 g/mol. The Bertz CT molecular complexity index is 1220. The molecule has 1 aromatic carbocycles. The first kappa shape index (κ1) is 23.3. The highest BCUT2D eigenvalue weighted by atomic mass is 35.5. The van der Waals surface area contributed by atoms with Crippen molar-refractivity contribution >= 4 is 29.2 Å². The summed E-state index contributed by atoms with van der Waals surface area (Å²) in [6.45, 7) is 5.41. The van der Waals surface area contributed by atoms with E-state index in [1.807, 2.05) is 23.1 Å². The molecule has 2 saturated heterocycles. The van der Waals surface area contributed by atoms with Crippen molar-refractivity contribution in [2.24, 2.45) is 11.8 Å².